The molecule has 2 heterocycles. The van der Waals surface area contributed by atoms with Gasteiger partial charge in [0.2, 0.25) is 0 Å². The molecule has 2 aromatic carbocycles. The molecule has 0 aliphatic carbocycles. The molecule has 2 aromatic rings. The smallest absolute Gasteiger partial charge is 0.336 e. The fourth-order valence-corrected chi connectivity index (χ4v) is 5.70. The van der Waals surface area contributed by atoms with Crippen molar-refractivity contribution in [2.75, 3.05) is 20.1 Å². The number of hydrogen-bond acceptors (Lipinski definition) is 6. The number of fused-ring (bicyclic) bond motifs is 4. The van der Waals surface area contributed by atoms with E-state index in [9.17, 15) is 14.4 Å². The van der Waals surface area contributed by atoms with Crippen LogP contribution in [0.3, 0.4) is 0 Å². The summed E-state index contributed by atoms with van der Waals surface area (Å²) in [6, 6.07) is 18.0. The molecule has 9 heteroatoms. The number of benzene rings is 2. The highest BCUT2D eigenvalue weighted by Crippen LogP contribution is 2.53. The Bertz CT molecular complexity index is 983. The van der Waals surface area contributed by atoms with Crippen LogP contribution in [0.4, 0.5) is 0 Å². The first-order valence-corrected chi connectivity index (χ1v) is 11.3. The Kier molecular flexibility index (Phi) is 7.46. The average Bonchev–Trinajstić information content (AvgIpc) is 2.75. The zero-order chi connectivity index (χ0) is 24.2. The second kappa shape index (κ2) is 9.94. The minimum absolute atomic E-state index is 0.241. The molecule has 4 N–H and O–H groups in total. The molecule has 0 radical (unpaired) electrons. The van der Waals surface area contributed by atoms with Gasteiger partial charge in [-0.3, -0.25) is 9.59 Å². The SMILES string of the molecule is CN1CCC2(CC1)c1ccccc1Sc1ccccc12.O=C(O)CC(O)(CC(=O)O)C(=O)O. The van der Waals surface area contributed by atoms with Crippen molar-refractivity contribution in [3.8, 4) is 0 Å². The van der Waals surface area contributed by atoms with Crippen LogP contribution >= 0.6 is 11.8 Å². The quantitative estimate of drug-likeness (QED) is 0.517. The summed E-state index contributed by atoms with van der Waals surface area (Å²) in [5.74, 6) is -5.02. The van der Waals surface area contributed by atoms with E-state index in [1.807, 2.05) is 11.8 Å². The normalized spacial score (nSPS) is 16.7. The lowest BCUT2D eigenvalue weighted by atomic mass is 9.68. The summed E-state index contributed by atoms with van der Waals surface area (Å²) < 4.78 is 0. The highest BCUT2D eigenvalue weighted by Gasteiger charge is 2.42. The Morgan fingerprint density at radius 1 is 0.879 bits per heavy atom. The summed E-state index contributed by atoms with van der Waals surface area (Å²) in [6.07, 6.45) is 0.180. The lowest BCUT2D eigenvalue weighted by Gasteiger charge is -2.45. The number of hydrogen-bond donors (Lipinski definition) is 4. The predicted molar refractivity (Wildman–Crippen MR) is 122 cm³/mol. The van der Waals surface area contributed by atoms with Crippen molar-refractivity contribution in [3.05, 3.63) is 59.7 Å². The summed E-state index contributed by atoms with van der Waals surface area (Å²) in [5, 5.41) is 33.8. The molecular weight excluding hydrogens is 446 g/mol. The molecule has 1 fully saturated rings. The van der Waals surface area contributed by atoms with E-state index >= 15 is 0 Å². The van der Waals surface area contributed by atoms with Crippen LogP contribution in [0, 0.1) is 0 Å². The number of aliphatic carboxylic acids is 3. The van der Waals surface area contributed by atoms with Crippen LogP contribution in [0.2, 0.25) is 0 Å². The second-order valence-corrected chi connectivity index (χ2v) is 9.54. The van der Waals surface area contributed by atoms with Crippen molar-refractivity contribution in [2.24, 2.45) is 0 Å². The maximum absolute atomic E-state index is 10.3. The van der Waals surface area contributed by atoms with Gasteiger partial charge in [0.15, 0.2) is 5.60 Å². The molecule has 0 atom stereocenters. The molecule has 1 saturated heterocycles. The Balaban J connectivity index is 0.000000207. The fourth-order valence-electron chi connectivity index (χ4n) is 4.42. The number of piperidine rings is 1. The van der Waals surface area contributed by atoms with E-state index in [2.05, 4.69) is 60.5 Å². The standard InChI is InChI=1S/C18H19NS.C6H8O7/c1-19-12-10-18(11-13-19)14-6-2-4-8-16(14)20-17-9-5-3-7-15(17)18;7-3(8)1-6(13,5(11)12)2-4(9)10/h2-9H,10-13H2,1H3;13H,1-2H2,(H,7,8)(H,9,10)(H,11,12). The summed E-state index contributed by atoms with van der Waals surface area (Å²) in [6.45, 7) is 2.38. The molecule has 0 unspecified atom stereocenters. The van der Waals surface area contributed by atoms with Gasteiger partial charge >= 0.3 is 17.9 Å². The minimum Gasteiger partial charge on any atom is -0.481 e. The number of carboxylic acid groups (broad SMARTS) is 3. The van der Waals surface area contributed by atoms with Gasteiger partial charge in [-0.15, -0.1) is 0 Å². The largest absolute Gasteiger partial charge is 0.481 e. The topological polar surface area (TPSA) is 135 Å². The van der Waals surface area contributed by atoms with Gasteiger partial charge in [0.05, 0.1) is 12.8 Å². The van der Waals surface area contributed by atoms with Crippen LogP contribution in [0.25, 0.3) is 0 Å². The van der Waals surface area contributed by atoms with Gasteiger partial charge in [-0.2, -0.15) is 0 Å². The third-order valence-electron chi connectivity index (χ3n) is 6.15. The fraction of sp³-hybridized carbons (Fsp3) is 0.375. The van der Waals surface area contributed by atoms with Crippen LogP contribution in [-0.2, 0) is 19.8 Å². The van der Waals surface area contributed by atoms with Gasteiger partial charge < -0.3 is 25.3 Å². The van der Waals surface area contributed by atoms with E-state index in [1.54, 1.807) is 11.1 Å². The molecule has 2 aliphatic rings. The first-order valence-electron chi connectivity index (χ1n) is 10.5. The lowest BCUT2D eigenvalue weighted by Crippen LogP contribution is -2.43. The number of carboxylic acids is 3. The van der Waals surface area contributed by atoms with Crippen molar-refractivity contribution in [1.29, 1.82) is 0 Å². The van der Waals surface area contributed by atoms with Gasteiger partial charge in [-0.1, -0.05) is 48.2 Å². The van der Waals surface area contributed by atoms with Crippen molar-refractivity contribution in [3.63, 3.8) is 0 Å². The molecule has 0 bridgehead atoms. The van der Waals surface area contributed by atoms with Gasteiger partial charge in [0, 0.05) is 15.2 Å². The highest BCUT2D eigenvalue weighted by atomic mass is 32.2. The van der Waals surface area contributed by atoms with E-state index in [-0.39, 0.29) is 5.41 Å². The maximum Gasteiger partial charge on any atom is 0.336 e. The molecule has 4 rings (SSSR count). The Hall–Kier alpha value is -2.88. The molecule has 176 valence electrons. The van der Waals surface area contributed by atoms with E-state index in [0.717, 1.165) is 0 Å². The van der Waals surface area contributed by atoms with Crippen molar-refractivity contribution < 1.29 is 34.8 Å². The monoisotopic (exact) mass is 473 g/mol. The zero-order valence-corrected chi connectivity index (χ0v) is 19.0. The van der Waals surface area contributed by atoms with Gasteiger partial charge in [0.1, 0.15) is 0 Å². The van der Waals surface area contributed by atoms with Crippen LogP contribution in [0.1, 0.15) is 36.8 Å². The molecule has 0 amide bonds. The first-order chi connectivity index (χ1) is 15.6. The van der Waals surface area contributed by atoms with Crippen LogP contribution < -0.4 is 0 Å². The number of nitrogens with zero attached hydrogens (tertiary/aromatic N) is 1. The third-order valence-corrected chi connectivity index (χ3v) is 7.30. The Morgan fingerprint density at radius 3 is 1.70 bits per heavy atom. The predicted octanol–water partition coefficient (Wildman–Crippen LogP) is 2.91. The van der Waals surface area contributed by atoms with E-state index in [4.69, 9.17) is 20.4 Å². The van der Waals surface area contributed by atoms with Crippen LogP contribution in [0.15, 0.2) is 58.3 Å². The number of likely N-dealkylation sites (tertiary alicyclic amines) is 1. The van der Waals surface area contributed by atoms with Gasteiger partial charge in [-0.05, 0) is 56.2 Å². The maximum atomic E-state index is 10.3. The van der Waals surface area contributed by atoms with Crippen LogP contribution in [-0.4, -0.2) is 69.0 Å². The summed E-state index contributed by atoms with van der Waals surface area (Å²) >= 11 is 1.94. The highest BCUT2D eigenvalue weighted by molar-refractivity contribution is 7.99. The van der Waals surface area contributed by atoms with Crippen molar-refractivity contribution in [2.45, 2.75) is 46.5 Å². The van der Waals surface area contributed by atoms with E-state index in [1.165, 1.54) is 35.7 Å². The number of rotatable bonds is 5. The molecular formula is C24H27NO7S. The van der Waals surface area contributed by atoms with Gasteiger partial charge in [-0.25, -0.2) is 4.79 Å². The van der Waals surface area contributed by atoms with Gasteiger partial charge in [0.25, 0.3) is 0 Å². The molecule has 1 spiro atoms. The van der Waals surface area contributed by atoms with E-state index < -0.39 is 36.4 Å². The lowest BCUT2D eigenvalue weighted by molar-refractivity contribution is -0.170. The number of carbonyl (C=O) groups is 3. The zero-order valence-electron chi connectivity index (χ0n) is 18.2. The molecule has 0 aromatic heterocycles. The molecule has 0 saturated carbocycles. The number of aliphatic hydroxyl groups is 1. The average molecular weight is 474 g/mol. The molecule has 8 nitrogen and oxygen atoms in total. The Labute approximate surface area is 195 Å². The van der Waals surface area contributed by atoms with Crippen LogP contribution in [0.5, 0.6) is 0 Å². The molecule has 33 heavy (non-hydrogen) atoms. The summed E-state index contributed by atoms with van der Waals surface area (Å²) in [7, 11) is 2.24. The van der Waals surface area contributed by atoms with E-state index in [0.29, 0.717) is 0 Å². The second-order valence-electron chi connectivity index (χ2n) is 8.46. The first kappa shape index (κ1) is 24.8. The van der Waals surface area contributed by atoms with Crippen molar-refractivity contribution in [1.82, 2.24) is 4.90 Å². The molecule has 2 aliphatic heterocycles. The Morgan fingerprint density at radius 2 is 1.30 bits per heavy atom. The summed E-state index contributed by atoms with van der Waals surface area (Å²) in [4.78, 5) is 35.9. The van der Waals surface area contributed by atoms with Crippen molar-refractivity contribution >= 4 is 29.7 Å². The minimum atomic E-state index is -2.74. The summed E-state index contributed by atoms with van der Waals surface area (Å²) in [5.41, 5.74) is 0.608. The third kappa shape index (κ3) is 5.38.